The summed E-state index contributed by atoms with van der Waals surface area (Å²) in [4.78, 5) is 24.0. The normalized spacial score (nSPS) is 13.7. The highest BCUT2D eigenvalue weighted by Crippen LogP contribution is 2.31. The second-order valence-electron chi connectivity index (χ2n) is 4.90. The Morgan fingerprint density at radius 1 is 1.40 bits per heavy atom. The number of non-ortho nitro benzene ring substituents is 1. The van der Waals surface area contributed by atoms with Crippen molar-refractivity contribution < 1.29 is 9.72 Å². The minimum atomic E-state index is -0.428. The van der Waals surface area contributed by atoms with Crippen molar-refractivity contribution in [2.24, 2.45) is 0 Å². The van der Waals surface area contributed by atoms with Gasteiger partial charge in [0.05, 0.1) is 11.3 Å². The van der Waals surface area contributed by atoms with Gasteiger partial charge in [-0.1, -0.05) is 6.92 Å². The number of anilines is 1. The Balaban J connectivity index is 1.99. The first-order chi connectivity index (χ1) is 9.63. The number of benzene rings is 1. The summed E-state index contributed by atoms with van der Waals surface area (Å²) in [5, 5.41) is 14.0. The van der Waals surface area contributed by atoms with Gasteiger partial charge in [0.15, 0.2) is 0 Å². The monoisotopic (exact) mass is 277 g/mol. The van der Waals surface area contributed by atoms with Gasteiger partial charge in [-0.2, -0.15) is 0 Å². The lowest BCUT2D eigenvalue weighted by atomic mass is 10.1. The topological polar surface area (TPSA) is 75.5 Å². The van der Waals surface area contributed by atoms with Crippen LogP contribution < -0.4 is 10.2 Å². The molecular weight excluding hydrogens is 258 g/mol. The number of carbonyl (C=O) groups is 1. The van der Waals surface area contributed by atoms with Crippen LogP contribution in [0.1, 0.15) is 25.3 Å². The van der Waals surface area contributed by atoms with E-state index in [0.717, 1.165) is 37.2 Å². The lowest BCUT2D eigenvalue weighted by Gasteiger charge is -2.17. The standard InChI is InChI=1S/C14H19N3O3/c1-2-6-15-7-3-8-16-13-5-4-12(17(19)20)9-11(13)10-14(16)18/h4-5,9,15H,2-3,6-8,10H2,1H3. The number of nitro groups is 1. The van der Waals surface area contributed by atoms with Crippen molar-refractivity contribution in [1.82, 2.24) is 5.32 Å². The molecule has 108 valence electrons. The molecule has 6 heteroatoms. The van der Waals surface area contributed by atoms with Gasteiger partial charge in [0.1, 0.15) is 0 Å². The number of rotatable bonds is 7. The largest absolute Gasteiger partial charge is 0.317 e. The summed E-state index contributed by atoms with van der Waals surface area (Å²) in [6, 6.07) is 4.64. The highest BCUT2D eigenvalue weighted by atomic mass is 16.6. The number of amides is 1. The summed E-state index contributed by atoms with van der Waals surface area (Å²) in [7, 11) is 0. The molecule has 1 aromatic carbocycles. The van der Waals surface area contributed by atoms with Gasteiger partial charge >= 0.3 is 0 Å². The third-order valence-corrected chi connectivity index (χ3v) is 3.37. The maximum atomic E-state index is 12.0. The van der Waals surface area contributed by atoms with Crippen molar-refractivity contribution in [3.8, 4) is 0 Å². The molecule has 1 heterocycles. The zero-order valence-electron chi connectivity index (χ0n) is 11.6. The lowest BCUT2D eigenvalue weighted by molar-refractivity contribution is -0.384. The van der Waals surface area contributed by atoms with Crippen LogP contribution in [0.2, 0.25) is 0 Å². The number of nitro benzene ring substituents is 1. The summed E-state index contributed by atoms with van der Waals surface area (Å²) in [6.07, 6.45) is 2.23. The van der Waals surface area contributed by atoms with Crippen LogP contribution in [0.3, 0.4) is 0 Å². The molecule has 0 atom stereocenters. The van der Waals surface area contributed by atoms with E-state index in [4.69, 9.17) is 0 Å². The molecule has 1 aromatic rings. The van der Waals surface area contributed by atoms with E-state index in [2.05, 4.69) is 12.2 Å². The van der Waals surface area contributed by atoms with Crippen molar-refractivity contribution in [2.45, 2.75) is 26.2 Å². The van der Waals surface area contributed by atoms with Crippen LogP contribution in [0, 0.1) is 10.1 Å². The summed E-state index contributed by atoms with van der Waals surface area (Å²) in [6.45, 7) is 4.62. The second-order valence-corrected chi connectivity index (χ2v) is 4.90. The van der Waals surface area contributed by atoms with Crippen LogP contribution in [0.4, 0.5) is 11.4 Å². The summed E-state index contributed by atoms with van der Waals surface area (Å²) in [5.74, 6) is 0.0241. The van der Waals surface area contributed by atoms with Crippen LogP contribution in [0.5, 0.6) is 0 Å². The molecule has 0 radical (unpaired) electrons. The molecule has 1 aliphatic heterocycles. The maximum absolute atomic E-state index is 12.0. The third kappa shape index (κ3) is 3.14. The molecule has 0 aliphatic carbocycles. The predicted octanol–water partition coefficient (Wildman–Crippen LogP) is 1.87. The van der Waals surface area contributed by atoms with Crippen LogP contribution >= 0.6 is 0 Å². The van der Waals surface area contributed by atoms with E-state index in [-0.39, 0.29) is 18.0 Å². The SMILES string of the molecule is CCCNCCCN1C(=O)Cc2cc([N+](=O)[O-])ccc21. The Labute approximate surface area is 117 Å². The zero-order chi connectivity index (χ0) is 14.5. The van der Waals surface area contributed by atoms with Gasteiger partial charge in [-0.15, -0.1) is 0 Å². The number of nitrogens with zero attached hydrogens (tertiary/aromatic N) is 2. The Morgan fingerprint density at radius 3 is 2.90 bits per heavy atom. The molecule has 0 spiro atoms. The van der Waals surface area contributed by atoms with E-state index in [0.29, 0.717) is 6.54 Å². The van der Waals surface area contributed by atoms with Gasteiger partial charge in [0.25, 0.3) is 5.69 Å². The van der Waals surface area contributed by atoms with Gasteiger partial charge < -0.3 is 10.2 Å². The number of hydrogen-bond acceptors (Lipinski definition) is 4. The highest BCUT2D eigenvalue weighted by Gasteiger charge is 2.28. The van der Waals surface area contributed by atoms with Gasteiger partial charge in [0, 0.05) is 24.4 Å². The third-order valence-electron chi connectivity index (χ3n) is 3.37. The van der Waals surface area contributed by atoms with Crippen LogP contribution in [0.15, 0.2) is 18.2 Å². The van der Waals surface area contributed by atoms with Gasteiger partial charge in [-0.05, 0) is 37.6 Å². The van der Waals surface area contributed by atoms with Crippen molar-refractivity contribution in [1.29, 1.82) is 0 Å². The Hall–Kier alpha value is -1.95. The fourth-order valence-electron chi connectivity index (χ4n) is 2.39. The number of fused-ring (bicyclic) bond motifs is 1. The first-order valence-electron chi connectivity index (χ1n) is 6.92. The molecule has 1 N–H and O–H groups in total. The number of hydrogen-bond donors (Lipinski definition) is 1. The average molecular weight is 277 g/mol. The minimum absolute atomic E-state index is 0.0241. The predicted molar refractivity (Wildman–Crippen MR) is 76.9 cm³/mol. The van der Waals surface area contributed by atoms with Crippen LogP contribution in [-0.4, -0.2) is 30.5 Å². The summed E-state index contributed by atoms with van der Waals surface area (Å²) >= 11 is 0. The van der Waals surface area contributed by atoms with Crippen molar-refractivity contribution in [3.63, 3.8) is 0 Å². The first-order valence-corrected chi connectivity index (χ1v) is 6.92. The van der Waals surface area contributed by atoms with E-state index >= 15 is 0 Å². The summed E-state index contributed by atoms with van der Waals surface area (Å²) in [5.41, 5.74) is 1.62. The number of carbonyl (C=O) groups excluding carboxylic acids is 1. The fraction of sp³-hybridized carbons (Fsp3) is 0.500. The fourth-order valence-corrected chi connectivity index (χ4v) is 2.39. The Morgan fingerprint density at radius 2 is 2.20 bits per heavy atom. The van der Waals surface area contributed by atoms with E-state index in [9.17, 15) is 14.9 Å². The minimum Gasteiger partial charge on any atom is -0.317 e. The Bertz CT molecular complexity index is 516. The van der Waals surface area contributed by atoms with E-state index in [1.165, 1.54) is 12.1 Å². The van der Waals surface area contributed by atoms with E-state index < -0.39 is 4.92 Å². The zero-order valence-corrected chi connectivity index (χ0v) is 11.6. The number of nitrogens with one attached hydrogen (secondary N) is 1. The van der Waals surface area contributed by atoms with E-state index in [1.54, 1.807) is 11.0 Å². The van der Waals surface area contributed by atoms with E-state index in [1.807, 2.05) is 0 Å². The molecular formula is C14H19N3O3. The molecule has 1 amide bonds. The molecule has 0 unspecified atom stereocenters. The molecule has 20 heavy (non-hydrogen) atoms. The maximum Gasteiger partial charge on any atom is 0.269 e. The Kier molecular flexibility index (Phi) is 4.68. The molecule has 0 fully saturated rings. The molecule has 0 saturated carbocycles. The van der Waals surface area contributed by atoms with Gasteiger partial charge in [-0.25, -0.2) is 0 Å². The molecule has 1 aliphatic rings. The molecule has 6 nitrogen and oxygen atoms in total. The molecule has 0 saturated heterocycles. The van der Waals surface area contributed by atoms with Crippen molar-refractivity contribution in [2.75, 3.05) is 24.5 Å². The second kappa shape index (κ2) is 6.47. The molecule has 0 aromatic heterocycles. The van der Waals surface area contributed by atoms with Crippen molar-refractivity contribution in [3.05, 3.63) is 33.9 Å². The smallest absolute Gasteiger partial charge is 0.269 e. The lowest BCUT2D eigenvalue weighted by Crippen LogP contribution is -2.30. The first kappa shape index (κ1) is 14.5. The average Bonchev–Trinajstić information content (AvgIpc) is 2.73. The summed E-state index contributed by atoms with van der Waals surface area (Å²) < 4.78 is 0. The van der Waals surface area contributed by atoms with Gasteiger partial charge in [0.2, 0.25) is 5.91 Å². The van der Waals surface area contributed by atoms with Crippen molar-refractivity contribution >= 4 is 17.3 Å². The van der Waals surface area contributed by atoms with Crippen LogP contribution in [-0.2, 0) is 11.2 Å². The quantitative estimate of drug-likeness (QED) is 0.469. The molecule has 2 rings (SSSR count). The van der Waals surface area contributed by atoms with Gasteiger partial charge in [-0.3, -0.25) is 14.9 Å². The molecule has 0 bridgehead atoms. The highest BCUT2D eigenvalue weighted by molar-refractivity contribution is 6.01. The van der Waals surface area contributed by atoms with Crippen LogP contribution in [0.25, 0.3) is 0 Å².